The molecule has 0 rings (SSSR count). The molecule has 19 heavy (non-hydrogen) atoms. The molecule has 0 spiro atoms. The lowest BCUT2D eigenvalue weighted by Gasteiger charge is -2.13. The summed E-state index contributed by atoms with van der Waals surface area (Å²) in [5.41, 5.74) is 0. The average molecular weight is 273 g/mol. The normalized spacial score (nSPS) is 12.6. The van der Waals surface area contributed by atoms with Crippen molar-refractivity contribution in [2.24, 2.45) is 11.8 Å². The summed E-state index contributed by atoms with van der Waals surface area (Å²) in [5, 5.41) is 2.68. The first-order valence-electron chi connectivity index (χ1n) is 6.87. The van der Waals surface area contributed by atoms with Crippen LogP contribution in [0.5, 0.6) is 0 Å². The number of ether oxygens (including phenoxy) is 2. The molecule has 0 aliphatic carbocycles. The minimum atomic E-state index is -0.628. The highest BCUT2D eigenvalue weighted by atomic mass is 16.6. The van der Waals surface area contributed by atoms with Gasteiger partial charge in [-0.15, -0.1) is 0 Å². The van der Waals surface area contributed by atoms with Gasteiger partial charge in [-0.05, 0) is 25.2 Å². The number of rotatable bonds is 9. The summed E-state index contributed by atoms with van der Waals surface area (Å²) >= 11 is 0. The van der Waals surface area contributed by atoms with Gasteiger partial charge in [0.1, 0.15) is 0 Å². The van der Waals surface area contributed by atoms with Gasteiger partial charge in [0.2, 0.25) is 0 Å². The third kappa shape index (κ3) is 10.5. The van der Waals surface area contributed by atoms with Gasteiger partial charge in [0, 0.05) is 13.2 Å². The highest BCUT2D eigenvalue weighted by molar-refractivity contribution is 5.81. The zero-order valence-corrected chi connectivity index (χ0v) is 12.7. The van der Waals surface area contributed by atoms with Crippen LogP contribution in [-0.4, -0.2) is 37.7 Å². The van der Waals surface area contributed by atoms with E-state index in [1.54, 1.807) is 6.92 Å². The molecule has 112 valence electrons. The maximum atomic E-state index is 11.5. The number of amides is 1. The maximum absolute atomic E-state index is 11.5. The molecule has 0 aromatic carbocycles. The van der Waals surface area contributed by atoms with Crippen LogP contribution in [0.15, 0.2) is 0 Å². The molecule has 5 nitrogen and oxygen atoms in total. The molecule has 5 heteroatoms. The first-order valence-corrected chi connectivity index (χ1v) is 6.87. The molecule has 1 atom stereocenters. The van der Waals surface area contributed by atoms with Crippen molar-refractivity contribution in [2.75, 3.05) is 19.8 Å². The molecule has 0 aliphatic rings. The topological polar surface area (TPSA) is 64.6 Å². The molecule has 0 heterocycles. The smallest absolute Gasteiger partial charge is 0.335 e. The molecule has 0 aromatic heterocycles. The Balaban J connectivity index is 3.75. The first kappa shape index (κ1) is 17.9. The molecule has 1 amide bonds. The minimum Gasteiger partial charge on any atom is -0.454 e. The summed E-state index contributed by atoms with van der Waals surface area (Å²) in [7, 11) is 0. The van der Waals surface area contributed by atoms with E-state index in [1.807, 2.05) is 13.8 Å². The summed E-state index contributed by atoms with van der Waals surface area (Å²) in [6.07, 6.45) is 0.267. The fraction of sp³-hybridized carbons (Fsp3) is 0.857. The number of carbonyl (C=O) groups is 2. The maximum Gasteiger partial charge on any atom is 0.335 e. The molecule has 0 aliphatic heterocycles. The van der Waals surface area contributed by atoms with Crippen LogP contribution in [0, 0.1) is 11.8 Å². The summed E-state index contributed by atoms with van der Waals surface area (Å²) in [6.45, 7) is 10.7. The largest absolute Gasteiger partial charge is 0.454 e. The molecule has 1 unspecified atom stereocenters. The second kappa shape index (κ2) is 9.78. The Morgan fingerprint density at radius 2 is 1.68 bits per heavy atom. The Labute approximate surface area is 116 Å². The molecule has 0 saturated heterocycles. The van der Waals surface area contributed by atoms with Gasteiger partial charge in [0.15, 0.2) is 12.7 Å². The number of hydrogen-bond donors (Lipinski definition) is 1. The third-order valence-corrected chi connectivity index (χ3v) is 2.45. The summed E-state index contributed by atoms with van der Waals surface area (Å²) < 4.78 is 10.2. The third-order valence-electron chi connectivity index (χ3n) is 2.45. The van der Waals surface area contributed by atoms with E-state index in [4.69, 9.17) is 9.47 Å². The predicted molar refractivity (Wildman–Crippen MR) is 73.7 cm³/mol. The summed E-state index contributed by atoms with van der Waals surface area (Å²) in [6, 6.07) is 0. The van der Waals surface area contributed by atoms with Crippen molar-refractivity contribution >= 4 is 11.9 Å². The van der Waals surface area contributed by atoms with Crippen molar-refractivity contribution in [1.82, 2.24) is 5.32 Å². The Hall–Kier alpha value is -1.10. The van der Waals surface area contributed by atoms with E-state index in [9.17, 15) is 9.59 Å². The summed E-state index contributed by atoms with van der Waals surface area (Å²) in [5.74, 6) is 0.128. The van der Waals surface area contributed by atoms with Gasteiger partial charge in [-0.25, -0.2) is 4.79 Å². The van der Waals surface area contributed by atoms with Gasteiger partial charge in [-0.2, -0.15) is 0 Å². The monoisotopic (exact) mass is 273 g/mol. The van der Waals surface area contributed by atoms with Crippen LogP contribution in [0.2, 0.25) is 0 Å². The lowest BCUT2D eigenvalue weighted by Crippen LogP contribution is -2.33. The molecular weight excluding hydrogens is 246 g/mol. The van der Waals surface area contributed by atoms with Crippen LogP contribution in [0.4, 0.5) is 0 Å². The standard InChI is InChI=1S/C14H27NO4/c1-10(2)6-7-18-12(5)14(17)19-9-13(16)15-8-11(3)4/h10-12H,6-9H2,1-5H3,(H,15,16). The number of carbonyl (C=O) groups excluding carboxylic acids is 2. The lowest BCUT2D eigenvalue weighted by atomic mass is 10.1. The molecule has 1 N–H and O–H groups in total. The van der Waals surface area contributed by atoms with Gasteiger partial charge in [0.05, 0.1) is 0 Å². The SMILES string of the molecule is CC(C)CCOC(C)C(=O)OCC(=O)NCC(C)C. The van der Waals surface area contributed by atoms with Gasteiger partial charge < -0.3 is 14.8 Å². The van der Waals surface area contributed by atoms with Crippen molar-refractivity contribution in [3.63, 3.8) is 0 Å². The van der Waals surface area contributed by atoms with Gasteiger partial charge in [-0.3, -0.25) is 4.79 Å². The molecule has 0 fully saturated rings. The van der Waals surface area contributed by atoms with Crippen LogP contribution in [0.25, 0.3) is 0 Å². The second-order valence-corrected chi connectivity index (χ2v) is 5.50. The quantitative estimate of drug-likeness (QED) is 0.650. The Bertz CT molecular complexity index is 277. The van der Waals surface area contributed by atoms with E-state index in [2.05, 4.69) is 19.2 Å². The van der Waals surface area contributed by atoms with E-state index in [0.717, 1.165) is 6.42 Å². The zero-order chi connectivity index (χ0) is 14.8. The van der Waals surface area contributed by atoms with Crippen LogP contribution in [0.1, 0.15) is 41.0 Å². The Kier molecular flexibility index (Phi) is 9.21. The van der Waals surface area contributed by atoms with Crippen molar-refractivity contribution in [3.05, 3.63) is 0 Å². The van der Waals surface area contributed by atoms with Crippen molar-refractivity contribution < 1.29 is 19.1 Å². The van der Waals surface area contributed by atoms with Gasteiger partial charge >= 0.3 is 5.97 Å². The van der Waals surface area contributed by atoms with Crippen molar-refractivity contribution in [1.29, 1.82) is 0 Å². The molecule has 0 radical (unpaired) electrons. The fourth-order valence-electron chi connectivity index (χ4n) is 1.17. The number of hydrogen-bond acceptors (Lipinski definition) is 4. The fourth-order valence-corrected chi connectivity index (χ4v) is 1.17. The second-order valence-electron chi connectivity index (χ2n) is 5.50. The summed E-state index contributed by atoms with van der Waals surface area (Å²) in [4.78, 5) is 22.9. The minimum absolute atomic E-state index is 0.247. The lowest BCUT2D eigenvalue weighted by molar-refractivity contribution is -0.159. The molecule has 0 saturated carbocycles. The van der Waals surface area contributed by atoms with Crippen LogP contribution in [0.3, 0.4) is 0 Å². The number of nitrogens with one attached hydrogen (secondary N) is 1. The highest BCUT2D eigenvalue weighted by Crippen LogP contribution is 2.02. The Morgan fingerprint density at radius 1 is 1.05 bits per heavy atom. The molecule has 0 aromatic rings. The van der Waals surface area contributed by atoms with Crippen LogP contribution in [-0.2, 0) is 19.1 Å². The Morgan fingerprint density at radius 3 is 2.21 bits per heavy atom. The number of esters is 1. The van der Waals surface area contributed by atoms with Crippen LogP contribution < -0.4 is 5.32 Å². The van der Waals surface area contributed by atoms with E-state index < -0.39 is 12.1 Å². The van der Waals surface area contributed by atoms with Crippen molar-refractivity contribution in [2.45, 2.75) is 47.1 Å². The predicted octanol–water partition coefficient (Wildman–Crippen LogP) is 1.75. The average Bonchev–Trinajstić information content (AvgIpc) is 2.32. The molecular formula is C14H27NO4. The van der Waals surface area contributed by atoms with Crippen molar-refractivity contribution in [3.8, 4) is 0 Å². The van der Waals surface area contributed by atoms with E-state index in [-0.39, 0.29) is 12.5 Å². The van der Waals surface area contributed by atoms with E-state index >= 15 is 0 Å². The van der Waals surface area contributed by atoms with Gasteiger partial charge in [0.25, 0.3) is 5.91 Å². The zero-order valence-electron chi connectivity index (χ0n) is 12.7. The van der Waals surface area contributed by atoms with Gasteiger partial charge in [-0.1, -0.05) is 27.7 Å². The van der Waals surface area contributed by atoms with E-state index in [0.29, 0.717) is 25.0 Å². The van der Waals surface area contributed by atoms with E-state index in [1.165, 1.54) is 0 Å². The highest BCUT2D eigenvalue weighted by Gasteiger charge is 2.16. The first-order chi connectivity index (χ1) is 8.82. The molecule has 0 bridgehead atoms. The van der Waals surface area contributed by atoms with Crippen LogP contribution >= 0.6 is 0 Å².